The van der Waals surface area contributed by atoms with Gasteiger partial charge in [0.2, 0.25) is 5.75 Å². The third kappa shape index (κ3) is 6.63. The van der Waals surface area contributed by atoms with Gasteiger partial charge < -0.3 is 14.2 Å². The Kier molecular flexibility index (Phi) is 8.18. The van der Waals surface area contributed by atoms with Gasteiger partial charge in [0, 0.05) is 12.3 Å². The van der Waals surface area contributed by atoms with Crippen molar-refractivity contribution in [3.8, 4) is 23.0 Å². The minimum Gasteiger partial charge on any atom is -0.494 e. The van der Waals surface area contributed by atoms with E-state index in [0.717, 1.165) is 6.07 Å². The first kappa shape index (κ1) is 25.8. The first-order valence-electron chi connectivity index (χ1n) is 10.4. The summed E-state index contributed by atoms with van der Waals surface area (Å²) in [4.78, 5) is 14.8. The molecule has 0 unspecified atom stereocenters. The Bertz CT molecular complexity index is 1230. The second kappa shape index (κ2) is 11.1. The Morgan fingerprint density at radius 3 is 2.29 bits per heavy atom. The molecule has 0 aliphatic rings. The molecule has 0 atom stereocenters. The van der Waals surface area contributed by atoms with Crippen LogP contribution >= 0.6 is 11.6 Å². The number of hydrogen-bond donors (Lipinski definition) is 0. The standard InChI is InChI=1S/C24H20ClF3N2O5/c1-3-33-18-8-6-17(7-9-18)29-14-15-11-19(25)23(22(12-15)34-4-2)35-21-10-5-16(24(26,27)28)13-20(21)30(31)32/h5-14H,3-4H2,1-2H3. The minimum atomic E-state index is -4.75. The zero-order chi connectivity index (χ0) is 25.6. The summed E-state index contributed by atoms with van der Waals surface area (Å²) in [6.45, 7) is 4.35. The van der Waals surface area contributed by atoms with Crippen LogP contribution in [-0.2, 0) is 6.18 Å². The molecule has 7 nitrogen and oxygen atoms in total. The molecule has 0 fully saturated rings. The molecule has 0 saturated carbocycles. The molecule has 0 aliphatic heterocycles. The second-order valence-corrected chi connectivity index (χ2v) is 7.39. The molecule has 0 saturated heterocycles. The van der Waals surface area contributed by atoms with Crippen LogP contribution in [0.4, 0.5) is 24.5 Å². The van der Waals surface area contributed by atoms with Crippen LogP contribution in [0.5, 0.6) is 23.0 Å². The van der Waals surface area contributed by atoms with Crippen molar-refractivity contribution in [3.63, 3.8) is 0 Å². The molecule has 0 N–H and O–H groups in total. The van der Waals surface area contributed by atoms with Crippen molar-refractivity contribution in [2.75, 3.05) is 13.2 Å². The van der Waals surface area contributed by atoms with Gasteiger partial charge in [-0.1, -0.05) is 11.6 Å². The van der Waals surface area contributed by atoms with Crippen LogP contribution in [0.2, 0.25) is 5.02 Å². The lowest BCUT2D eigenvalue weighted by Crippen LogP contribution is -2.06. The number of alkyl halides is 3. The molecule has 11 heteroatoms. The van der Waals surface area contributed by atoms with Crippen molar-refractivity contribution in [1.29, 1.82) is 0 Å². The highest BCUT2D eigenvalue weighted by molar-refractivity contribution is 6.32. The Labute approximate surface area is 203 Å². The predicted octanol–water partition coefficient (Wildman–Crippen LogP) is 7.61. The summed E-state index contributed by atoms with van der Waals surface area (Å²) in [7, 11) is 0. The lowest BCUT2D eigenvalue weighted by molar-refractivity contribution is -0.385. The molecular weight excluding hydrogens is 489 g/mol. The van der Waals surface area contributed by atoms with E-state index in [-0.39, 0.29) is 23.1 Å². The summed E-state index contributed by atoms with van der Waals surface area (Å²) in [6.07, 6.45) is -3.21. The maximum Gasteiger partial charge on any atom is 0.416 e. The number of nitro benzene ring substituents is 1. The zero-order valence-electron chi connectivity index (χ0n) is 18.6. The van der Waals surface area contributed by atoms with Crippen molar-refractivity contribution in [1.82, 2.24) is 0 Å². The van der Waals surface area contributed by atoms with Crippen LogP contribution < -0.4 is 14.2 Å². The lowest BCUT2D eigenvalue weighted by Gasteiger charge is -2.15. The highest BCUT2D eigenvalue weighted by Crippen LogP contribution is 2.43. The normalized spacial score (nSPS) is 11.5. The Morgan fingerprint density at radius 2 is 1.69 bits per heavy atom. The van der Waals surface area contributed by atoms with Crippen LogP contribution in [0.25, 0.3) is 0 Å². The van der Waals surface area contributed by atoms with E-state index < -0.39 is 28.1 Å². The first-order valence-corrected chi connectivity index (χ1v) is 10.8. The summed E-state index contributed by atoms with van der Waals surface area (Å²) in [5.74, 6) is 0.366. The monoisotopic (exact) mass is 508 g/mol. The number of rotatable bonds is 9. The maximum atomic E-state index is 13.0. The topological polar surface area (TPSA) is 83.2 Å². The minimum absolute atomic E-state index is 0.0262. The molecule has 35 heavy (non-hydrogen) atoms. The summed E-state index contributed by atoms with van der Waals surface area (Å²) in [5.41, 5.74) is -0.835. The van der Waals surface area contributed by atoms with Crippen molar-refractivity contribution in [2.45, 2.75) is 20.0 Å². The van der Waals surface area contributed by atoms with Gasteiger partial charge in [-0.2, -0.15) is 13.2 Å². The van der Waals surface area contributed by atoms with Gasteiger partial charge in [-0.3, -0.25) is 15.1 Å². The summed E-state index contributed by atoms with van der Waals surface area (Å²) < 4.78 is 55.5. The van der Waals surface area contributed by atoms with Crippen molar-refractivity contribution >= 4 is 29.2 Å². The third-order valence-electron chi connectivity index (χ3n) is 4.54. The average Bonchev–Trinajstić information content (AvgIpc) is 2.80. The summed E-state index contributed by atoms with van der Waals surface area (Å²) >= 11 is 6.36. The molecular formula is C24H20ClF3N2O5. The molecule has 0 radical (unpaired) electrons. The van der Waals surface area contributed by atoms with Crippen LogP contribution in [0, 0.1) is 10.1 Å². The van der Waals surface area contributed by atoms with Gasteiger partial charge in [0.25, 0.3) is 0 Å². The van der Waals surface area contributed by atoms with E-state index >= 15 is 0 Å². The van der Waals surface area contributed by atoms with Gasteiger partial charge in [-0.25, -0.2) is 0 Å². The number of hydrogen-bond acceptors (Lipinski definition) is 6. The lowest BCUT2D eigenvalue weighted by atomic mass is 10.1. The fourth-order valence-electron chi connectivity index (χ4n) is 3.00. The van der Waals surface area contributed by atoms with Crippen LogP contribution in [0.1, 0.15) is 25.0 Å². The van der Waals surface area contributed by atoms with Gasteiger partial charge in [-0.15, -0.1) is 0 Å². The van der Waals surface area contributed by atoms with Crippen molar-refractivity contribution in [3.05, 3.63) is 80.9 Å². The molecule has 0 spiro atoms. The van der Waals surface area contributed by atoms with Gasteiger partial charge >= 0.3 is 11.9 Å². The first-order chi connectivity index (χ1) is 16.6. The Hall–Kier alpha value is -3.79. The van der Waals surface area contributed by atoms with E-state index in [1.165, 1.54) is 12.3 Å². The summed E-state index contributed by atoms with van der Waals surface area (Å²) in [6, 6.07) is 12.1. The zero-order valence-corrected chi connectivity index (χ0v) is 19.4. The van der Waals surface area contributed by atoms with Gasteiger partial charge in [-0.05, 0) is 67.9 Å². The Morgan fingerprint density at radius 1 is 1.00 bits per heavy atom. The number of nitrogens with zero attached hydrogens (tertiary/aromatic N) is 2. The van der Waals surface area contributed by atoms with E-state index in [4.69, 9.17) is 25.8 Å². The number of benzene rings is 3. The van der Waals surface area contributed by atoms with Crippen LogP contribution in [-0.4, -0.2) is 24.4 Å². The molecule has 0 bridgehead atoms. The molecule has 3 aromatic rings. The smallest absolute Gasteiger partial charge is 0.416 e. The highest BCUT2D eigenvalue weighted by atomic mass is 35.5. The SMILES string of the molecule is CCOc1ccc(N=Cc2cc(Cl)c(Oc3ccc(C(F)(F)F)cc3[N+](=O)[O-])c(OCC)c2)cc1. The van der Waals surface area contributed by atoms with Crippen LogP contribution in [0.15, 0.2) is 59.6 Å². The molecule has 0 aromatic heterocycles. The predicted molar refractivity (Wildman–Crippen MR) is 126 cm³/mol. The molecule has 0 amide bonds. The van der Waals surface area contributed by atoms with Crippen molar-refractivity contribution in [2.24, 2.45) is 4.99 Å². The van der Waals surface area contributed by atoms with Crippen molar-refractivity contribution < 1.29 is 32.3 Å². The maximum absolute atomic E-state index is 13.0. The number of halogens is 4. The Balaban J connectivity index is 1.93. The second-order valence-electron chi connectivity index (χ2n) is 6.99. The van der Waals surface area contributed by atoms with E-state index in [1.54, 1.807) is 37.3 Å². The van der Waals surface area contributed by atoms with Gasteiger partial charge in [0.1, 0.15) is 5.75 Å². The number of ether oxygens (including phenoxy) is 3. The summed E-state index contributed by atoms with van der Waals surface area (Å²) in [5, 5.41) is 11.4. The third-order valence-corrected chi connectivity index (χ3v) is 4.82. The van der Waals surface area contributed by atoms with E-state index in [1.807, 2.05) is 6.92 Å². The highest BCUT2D eigenvalue weighted by Gasteiger charge is 2.33. The van der Waals surface area contributed by atoms with Gasteiger partial charge in [0.15, 0.2) is 11.5 Å². The van der Waals surface area contributed by atoms with E-state index in [9.17, 15) is 23.3 Å². The molecule has 3 rings (SSSR count). The molecule has 184 valence electrons. The fraction of sp³-hybridized carbons (Fsp3) is 0.208. The van der Waals surface area contributed by atoms with E-state index in [2.05, 4.69) is 4.99 Å². The number of nitro groups is 1. The molecule has 0 aliphatic carbocycles. The fourth-order valence-corrected chi connectivity index (χ4v) is 3.26. The quantitative estimate of drug-likeness (QED) is 0.169. The number of aliphatic imine (C=N–C) groups is 1. The largest absolute Gasteiger partial charge is 0.494 e. The molecule has 3 aromatic carbocycles. The average molecular weight is 509 g/mol. The van der Waals surface area contributed by atoms with Crippen LogP contribution in [0.3, 0.4) is 0 Å². The van der Waals surface area contributed by atoms with Gasteiger partial charge in [0.05, 0.1) is 34.4 Å². The van der Waals surface area contributed by atoms with E-state index in [0.29, 0.717) is 35.7 Å². The molecule has 0 heterocycles.